The van der Waals surface area contributed by atoms with Crippen molar-refractivity contribution in [1.29, 1.82) is 0 Å². The summed E-state index contributed by atoms with van der Waals surface area (Å²) in [4.78, 5) is 14.3. The van der Waals surface area contributed by atoms with Gasteiger partial charge in [-0.15, -0.1) is 0 Å². The van der Waals surface area contributed by atoms with Crippen molar-refractivity contribution in [3.63, 3.8) is 0 Å². The second-order valence-corrected chi connectivity index (χ2v) is 7.21. The lowest BCUT2D eigenvalue weighted by Gasteiger charge is -2.33. The van der Waals surface area contributed by atoms with E-state index in [4.69, 9.17) is 0 Å². The lowest BCUT2D eigenvalue weighted by atomic mass is 10.0. The highest BCUT2D eigenvalue weighted by Gasteiger charge is 2.17. The second kappa shape index (κ2) is 10.1. The standard InChI is InChI=1S/C18H35N3O/c1-16-8-4-6-14-21(16)15-7-5-12-19-18(22)20-13-11-17-9-2-3-10-17/h16-17H,2-15H2,1H3,(H2,19,20,22). The van der Waals surface area contributed by atoms with Gasteiger partial charge in [-0.2, -0.15) is 0 Å². The van der Waals surface area contributed by atoms with Crippen molar-refractivity contribution in [2.24, 2.45) is 5.92 Å². The minimum atomic E-state index is 0.0179. The number of urea groups is 1. The molecule has 1 atom stereocenters. The number of piperidine rings is 1. The molecule has 1 aliphatic carbocycles. The number of amides is 2. The average molecular weight is 309 g/mol. The van der Waals surface area contributed by atoms with E-state index >= 15 is 0 Å². The van der Waals surface area contributed by atoms with Crippen LogP contribution in [0.1, 0.15) is 71.1 Å². The van der Waals surface area contributed by atoms with Gasteiger partial charge < -0.3 is 15.5 Å². The molecule has 1 heterocycles. The van der Waals surface area contributed by atoms with Crippen molar-refractivity contribution in [3.8, 4) is 0 Å². The summed E-state index contributed by atoms with van der Waals surface area (Å²) in [5.74, 6) is 0.854. The number of nitrogens with one attached hydrogen (secondary N) is 2. The third-order valence-corrected chi connectivity index (χ3v) is 5.41. The molecule has 1 saturated heterocycles. The minimum absolute atomic E-state index is 0.0179. The number of nitrogens with zero attached hydrogens (tertiary/aromatic N) is 1. The molecular formula is C18H35N3O. The number of hydrogen-bond donors (Lipinski definition) is 2. The van der Waals surface area contributed by atoms with Gasteiger partial charge in [0.05, 0.1) is 0 Å². The molecule has 1 saturated carbocycles. The molecule has 4 heteroatoms. The Kier molecular flexibility index (Phi) is 8.06. The molecule has 0 bridgehead atoms. The molecule has 0 aromatic heterocycles. The first-order valence-corrected chi connectivity index (χ1v) is 9.51. The van der Waals surface area contributed by atoms with Crippen LogP contribution in [0.3, 0.4) is 0 Å². The molecule has 0 spiro atoms. The molecule has 22 heavy (non-hydrogen) atoms. The van der Waals surface area contributed by atoms with Gasteiger partial charge in [0.15, 0.2) is 0 Å². The molecule has 2 amide bonds. The zero-order valence-electron chi connectivity index (χ0n) is 14.4. The van der Waals surface area contributed by atoms with Gasteiger partial charge in [0.25, 0.3) is 0 Å². The Bertz CT molecular complexity index is 315. The van der Waals surface area contributed by atoms with Gasteiger partial charge in [0.2, 0.25) is 0 Å². The third-order valence-electron chi connectivity index (χ3n) is 5.41. The van der Waals surface area contributed by atoms with Crippen LogP contribution in [0.5, 0.6) is 0 Å². The van der Waals surface area contributed by atoms with Gasteiger partial charge in [0, 0.05) is 19.1 Å². The zero-order valence-corrected chi connectivity index (χ0v) is 14.4. The van der Waals surface area contributed by atoms with Crippen molar-refractivity contribution in [2.45, 2.75) is 77.2 Å². The Hall–Kier alpha value is -0.770. The van der Waals surface area contributed by atoms with Gasteiger partial charge in [-0.3, -0.25) is 0 Å². The summed E-state index contributed by atoms with van der Waals surface area (Å²) < 4.78 is 0. The quantitative estimate of drug-likeness (QED) is 0.674. The predicted octanol–water partition coefficient (Wildman–Crippen LogP) is 3.52. The molecule has 2 aliphatic rings. The van der Waals surface area contributed by atoms with Gasteiger partial charge >= 0.3 is 6.03 Å². The van der Waals surface area contributed by atoms with Crippen LogP contribution < -0.4 is 10.6 Å². The van der Waals surface area contributed by atoms with Gasteiger partial charge in [-0.05, 0) is 58.0 Å². The normalized spacial score (nSPS) is 23.6. The maximum atomic E-state index is 11.7. The molecule has 1 unspecified atom stereocenters. The van der Waals surface area contributed by atoms with Crippen molar-refractivity contribution in [3.05, 3.63) is 0 Å². The van der Waals surface area contributed by atoms with Crippen molar-refractivity contribution in [1.82, 2.24) is 15.5 Å². The highest BCUT2D eigenvalue weighted by molar-refractivity contribution is 5.73. The molecule has 0 radical (unpaired) electrons. The lowest BCUT2D eigenvalue weighted by Crippen LogP contribution is -2.39. The smallest absolute Gasteiger partial charge is 0.314 e. The van der Waals surface area contributed by atoms with Crippen LogP contribution in [0.15, 0.2) is 0 Å². The summed E-state index contributed by atoms with van der Waals surface area (Å²) in [7, 11) is 0. The molecule has 0 aromatic rings. The molecule has 1 aliphatic heterocycles. The Balaban J connectivity index is 1.41. The fourth-order valence-corrected chi connectivity index (χ4v) is 3.88. The number of carbonyl (C=O) groups excluding carboxylic acids is 1. The number of unbranched alkanes of at least 4 members (excludes halogenated alkanes) is 1. The summed E-state index contributed by atoms with van der Waals surface area (Å²) in [5.41, 5.74) is 0. The van der Waals surface area contributed by atoms with Crippen LogP contribution in [-0.2, 0) is 0 Å². The molecule has 0 aromatic carbocycles. The van der Waals surface area contributed by atoms with Crippen LogP contribution in [-0.4, -0.2) is 43.2 Å². The molecule has 128 valence electrons. The summed E-state index contributed by atoms with van der Waals surface area (Å²) >= 11 is 0. The van der Waals surface area contributed by atoms with Gasteiger partial charge in [-0.1, -0.05) is 32.1 Å². The summed E-state index contributed by atoms with van der Waals surface area (Å²) in [6.45, 7) is 6.43. The molecule has 2 rings (SSSR count). The predicted molar refractivity (Wildman–Crippen MR) is 92.1 cm³/mol. The van der Waals surface area contributed by atoms with E-state index in [1.807, 2.05) is 0 Å². The topological polar surface area (TPSA) is 44.4 Å². The van der Waals surface area contributed by atoms with Crippen LogP contribution in [0.2, 0.25) is 0 Å². The molecule has 4 nitrogen and oxygen atoms in total. The van der Waals surface area contributed by atoms with E-state index in [0.29, 0.717) is 0 Å². The van der Waals surface area contributed by atoms with Gasteiger partial charge in [-0.25, -0.2) is 4.79 Å². The van der Waals surface area contributed by atoms with Crippen LogP contribution in [0.25, 0.3) is 0 Å². The Morgan fingerprint density at radius 2 is 1.73 bits per heavy atom. The molecule has 2 N–H and O–H groups in total. The fraction of sp³-hybridized carbons (Fsp3) is 0.944. The van der Waals surface area contributed by atoms with Gasteiger partial charge in [0.1, 0.15) is 0 Å². The van der Waals surface area contributed by atoms with E-state index in [0.717, 1.165) is 37.9 Å². The van der Waals surface area contributed by atoms with Crippen LogP contribution in [0, 0.1) is 5.92 Å². The SMILES string of the molecule is CC1CCCCN1CCCCNC(=O)NCCC1CCCC1. The van der Waals surface area contributed by atoms with E-state index < -0.39 is 0 Å². The summed E-state index contributed by atoms with van der Waals surface area (Å²) in [6, 6.07) is 0.768. The van der Waals surface area contributed by atoms with Crippen molar-refractivity contribution >= 4 is 6.03 Å². The number of carbonyl (C=O) groups is 1. The zero-order chi connectivity index (χ0) is 15.6. The Morgan fingerprint density at radius 1 is 1.00 bits per heavy atom. The van der Waals surface area contributed by atoms with Crippen molar-refractivity contribution < 1.29 is 4.79 Å². The first-order valence-electron chi connectivity index (χ1n) is 9.51. The number of hydrogen-bond acceptors (Lipinski definition) is 2. The Labute approximate surface area is 136 Å². The summed E-state index contributed by atoms with van der Waals surface area (Å²) in [5, 5.41) is 5.98. The minimum Gasteiger partial charge on any atom is -0.338 e. The van der Waals surface area contributed by atoms with E-state index in [9.17, 15) is 4.79 Å². The second-order valence-electron chi connectivity index (χ2n) is 7.21. The number of rotatable bonds is 8. The Morgan fingerprint density at radius 3 is 2.50 bits per heavy atom. The maximum Gasteiger partial charge on any atom is 0.314 e. The lowest BCUT2D eigenvalue weighted by molar-refractivity contribution is 0.158. The van der Waals surface area contributed by atoms with Crippen LogP contribution >= 0.6 is 0 Å². The van der Waals surface area contributed by atoms with Crippen LogP contribution in [0.4, 0.5) is 4.79 Å². The first-order chi connectivity index (χ1) is 10.8. The molecule has 2 fully saturated rings. The summed E-state index contributed by atoms with van der Waals surface area (Å²) in [6.07, 6.45) is 13.0. The highest BCUT2D eigenvalue weighted by Crippen LogP contribution is 2.26. The largest absolute Gasteiger partial charge is 0.338 e. The molecular weight excluding hydrogens is 274 g/mol. The highest BCUT2D eigenvalue weighted by atomic mass is 16.2. The van der Waals surface area contributed by atoms with E-state index in [1.54, 1.807) is 0 Å². The third kappa shape index (κ3) is 6.55. The first kappa shape index (κ1) is 17.6. The monoisotopic (exact) mass is 309 g/mol. The average Bonchev–Trinajstić information content (AvgIpc) is 3.02. The van der Waals surface area contributed by atoms with E-state index in [1.165, 1.54) is 64.5 Å². The number of likely N-dealkylation sites (tertiary alicyclic amines) is 1. The maximum absolute atomic E-state index is 11.7. The fourth-order valence-electron chi connectivity index (χ4n) is 3.88. The van der Waals surface area contributed by atoms with Crippen molar-refractivity contribution in [2.75, 3.05) is 26.2 Å². The van der Waals surface area contributed by atoms with E-state index in [2.05, 4.69) is 22.5 Å². The van der Waals surface area contributed by atoms with E-state index in [-0.39, 0.29) is 6.03 Å².